The van der Waals surface area contributed by atoms with Gasteiger partial charge in [0.2, 0.25) is 0 Å². The summed E-state index contributed by atoms with van der Waals surface area (Å²) in [5.41, 5.74) is 7.20. The fourth-order valence-corrected chi connectivity index (χ4v) is 1.47. The van der Waals surface area contributed by atoms with Crippen LogP contribution in [-0.2, 0) is 4.74 Å². The highest BCUT2D eigenvalue weighted by molar-refractivity contribution is 5.18. The first-order valence-electron chi connectivity index (χ1n) is 4.95. The van der Waals surface area contributed by atoms with E-state index in [1.807, 2.05) is 13.0 Å². The lowest BCUT2D eigenvalue weighted by Gasteiger charge is -2.18. The number of aryl methyl sites for hydroxylation is 1. The topological polar surface area (TPSA) is 48.4 Å². The number of ether oxygens (including phenoxy) is 1. The molecule has 2 unspecified atom stereocenters. The lowest BCUT2D eigenvalue weighted by Crippen LogP contribution is -2.20. The molecule has 0 aromatic carbocycles. The lowest BCUT2D eigenvalue weighted by atomic mass is 9.96. The molecule has 0 aliphatic carbocycles. The second-order valence-electron chi connectivity index (χ2n) is 3.75. The van der Waals surface area contributed by atoms with Crippen LogP contribution in [-0.4, -0.2) is 13.7 Å². The van der Waals surface area contributed by atoms with Crippen LogP contribution in [0.15, 0.2) is 16.7 Å². The molecule has 1 heterocycles. The van der Waals surface area contributed by atoms with Gasteiger partial charge in [0, 0.05) is 13.7 Å². The maximum Gasteiger partial charge on any atom is 0.123 e. The molecule has 14 heavy (non-hydrogen) atoms. The average Bonchev–Trinajstić information content (AvgIpc) is 2.59. The largest absolute Gasteiger partial charge is 0.467 e. The summed E-state index contributed by atoms with van der Waals surface area (Å²) in [5, 5.41) is 0. The third-order valence-electron chi connectivity index (χ3n) is 2.59. The van der Waals surface area contributed by atoms with E-state index in [1.54, 1.807) is 13.4 Å². The molecule has 1 aromatic heterocycles. The van der Waals surface area contributed by atoms with E-state index in [4.69, 9.17) is 14.9 Å². The molecule has 1 aromatic rings. The van der Waals surface area contributed by atoms with E-state index in [2.05, 4.69) is 6.92 Å². The molecule has 1 rings (SSSR count). The summed E-state index contributed by atoms with van der Waals surface area (Å²) in [6.07, 6.45) is 2.64. The Morgan fingerprint density at radius 2 is 2.29 bits per heavy atom. The zero-order valence-corrected chi connectivity index (χ0v) is 9.12. The van der Waals surface area contributed by atoms with Gasteiger partial charge in [-0.25, -0.2) is 0 Å². The second-order valence-corrected chi connectivity index (χ2v) is 3.75. The van der Waals surface area contributed by atoms with Crippen LogP contribution in [0.5, 0.6) is 0 Å². The Labute approximate surface area is 85.2 Å². The number of rotatable bonds is 5. The van der Waals surface area contributed by atoms with Crippen molar-refractivity contribution in [3.8, 4) is 0 Å². The van der Waals surface area contributed by atoms with E-state index in [1.165, 1.54) is 0 Å². The normalized spacial score (nSPS) is 15.4. The third kappa shape index (κ3) is 2.59. The molecule has 0 aliphatic rings. The van der Waals surface area contributed by atoms with E-state index in [-0.39, 0.29) is 6.04 Å². The van der Waals surface area contributed by atoms with E-state index in [9.17, 15) is 0 Å². The van der Waals surface area contributed by atoms with Gasteiger partial charge in [0.15, 0.2) is 0 Å². The first-order chi connectivity index (χ1) is 6.66. The van der Waals surface area contributed by atoms with Crippen LogP contribution in [0.4, 0.5) is 0 Å². The van der Waals surface area contributed by atoms with Crippen molar-refractivity contribution in [1.29, 1.82) is 0 Å². The summed E-state index contributed by atoms with van der Waals surface area (Å²) in [6, 6.07) is 1.92. The molecule has 0 saturated carbocycles. The predicted molar refractivity (Wildman–Crippen MR) is 56.0 cm³/mol. The van der Waals surface area contributed by atoms with Gasteiger partial charge in [0.1, 0.15) is 5.76 Å². The molecule has 0 fully saturated rings. The van der Waals surface area contributed by atoms with Crippen LogP contribution in [0, 0.1) is 12.8 Å². The number of furan rings is 1. The van der Waals surface area contributed by atoms with Gasteiger partial charge in [-0.2, -0.15) is 0 Å². The van der Waals surface area contributed by atoms with Crippen molar-refractivity contribution in [3.63, 3.8) is 0 Å². The van der Waals surface area contributed by atoms with Gasteiger partial charge in [-0.15, -0.1) is 0 Å². The first kappa shape index (κ1) is 11.3. The number of hydrogen-bond donors (Lipinski definition) is 1. The van der Waals surface area contributed by atoms with Crippen LogP contribution in [0.1, 0.15) is 30.7 Å². The molecule has 0 bridgehead atoms. The minimum Gasteiger partial charge on any atom is -0.467 e. The van der Waals surface area contributed by atoms with Crippen molar-refractivity contribution in [2.45, 2.75) is 26.3 Å². The number of nitrogens with two attached hydrogens (primary N) is 1. The van der Waals surface area contributed by atoms with Crippen LogP contribution in [0.25, 0.3) is 0 Å². The summed E-state index contributed by atoms with van der Waals surface area (Å²) in [6.45, 7) is 4.88. The van der Waals surface area contributed by atoms with Gasteiger partial charge >= 0.3 is 0 Å². The Bertz CT molecular complexity index is 270. The third-order valence-corrected chi connectivity index (χ3v) is 2.59. The van der Waals surface area contributed by atoms with Crippen molar-refractivity contribution >= 4 is 0 Å². The standard InChI is InChI=1S/C11H19NO2/c1-8(4-6-13-3)10(12)11-9(2)5-7-14-11/h5,7-8,10H,4,6,12H2,1-3H3. The van der Waals surface area contributed by atoms with Gasteiger partial charge in [-0.05, 0) is 30.9 Å². The molecular formula is C11H19NO2. The van der Waals surface area contributed by atoms with E-state index in [0.29, 0.717) is 5.92 Å². The highest BCUT2D eigenvalue weighted by Crippen LogP contribution is 2.25. The molecular weight excluding hydrogens is 178 g/mol. The quantitative estimate of drug-likeness (QED) is 0.787. The van der Waals surface area contributed by atoms with Crippen molar-refractivity contribution < 1.29 is 9.15 Å². The Morgan fingerprint density at radius 1 is 1.57 bits per heavy atom. The highest BCUT2D eigenvalue weighted by atomic mass is 16.5. The molecule has 80 valence electrons. The Morgan fingerprint density at radius 3 is 2.79 bits per heavy atom. The van der Waals surface area contributed by atoms with Crippen molar-refractivity contribution in [2.24, 2.45) is 11.7 Å². The molecule has 0 radical (unpaired) electrons. The minimum absolute atomic E-state index is 0.0276. The van der Waals surface area contributed by atoms with Gasteiger partial charge in [-0.3, -0.25) is 0 Å². The smallest absolute Gasteiger partial charge is 0.123 e. The fourth-order valence-electron chi connectivity index (χ4n) is 1.47. The van der Waals surface area contributed by atoms with Gasteiger partial charge in [0.25, 0.3) is 0 Å². The fraction of sp³-hybridized carbons (Fsp3) is 0.636. The number of hydrogen-bond acceptors (Lipinski definition) is 3. The molecule has 2 atom stereocenters. The molecule has 3 nitrogen and oxygen atoms in total. The van der Waals surface area contributed by atoms with E-state index in [0.717, 1.165) is 24.4 Å². The van der Waals surface area contributed by atoms with Crippen molar-refractivity contribution in [1.82, 2.24) is 0 Å². The molecule has 3 heteroatoms. The minimum atomic E-state index is -0.0276. The van der Waals surface area contributed by atoms with Crippen LogP contribution in [0.2, 0.25) is 0 Å². The predicted octanol–water partition coefficient (Wildman–Crippen LogP) is 2.26. The summed E-state index contributed by atoms with van der Waals surface area (Å²) >= 11 is 0. The SMILES string of the molecule is COCCC(C)C(N)c1occc1C. The lowest BCUT2D eigenvalue weighted by molar-refractivity contribution is 0.172. The van der Waals surface area contributed by atoms with Gasteiger partial charge in [-0.1, -0.05) is 6.92 Å². The van der Waals surface area contributed by atoms with Crippen LogP contribution in [0.3, 0.4) is 0 Å². The summed E-state index contributed by atoms with van der Waals surface area (Å²) in [4.78, 5) is 0. The monoisotopic (exact) mass is 197 g/mol. The van der Waals surface area contributed by atoms with Gasteiger partial charge < -0.3 is 14.9 Å². The Hall–Kier alpha value is -0.800. The molecule has 0 aliphatic heterocycles. The molecule has 0 saturated heterocycles. The maximum atomic E-state index is 6.08. The zero-order chi connectivity index (χ0) is 10.6. The maximum absolute atomic E-state index is 6.08. The Balaban J connectivity index is 2.56. The Kier molecular flexibility index (Phi) is 4.17. The van der Waals surface area contributed by atoms with Gasteiger partial charge in [0.05, 0.1) is 12.3 Å². The number of methoxy groups -OCH3 is 1. The van der Waals surface area contributed by atoms with Crippen molar-refractivity contribution in [2.75, 3.05) is 13.7 Å². The second kappa shape index (κ2) is 5.17. The highest BCUT2D eigenvalue weighted by Gasteiger charge is 2.19. The average molecular weight is 197 g/mol. The van der Waals surface area contributed by atoms with Crippen LogP contribution < -0.4 is 5.73 Å². The van der Waals surface area contributed by atoms with Crippen LogP contribution >= 0.6 is 0 Å². The zero-order valence-electron chi connectivity index (χ0n) is 9.12. The molecule has 0 amide bonds. The van der Waals surface area contributed by atoms with Crippen molar-refractivity contribution in [3.05, 3.63) is 23.7 Å². The summed E-state index contributed by atoms with van der Waals surface area (Å²) in [5.74, 6) is 1.27. The summed E-state index contributed by atoms with van der Waals surface area (Å²) < 4.78 is 10.4. The molecule has 2 N–H and O–H groups in total. The van der Waals surface area contributed by atoms with E-state index >= 15 is 0 Å². The summed E-state index contributed by atoms with van der Waals surface area (Å²) in [7, 11) is 1.70. The van der Waals surface area contributed by atoms with E-state index < -0.39 is 0 Å². The first-order valence-corrected chi connectivity index (χ1v) is 4.95. The molecule has 0 spiro atoms.